The van der Waals surface area contributed by atoms with Gasteiger partial charge in [-0.15, -0.1) is 0 Å². The third kappa shape index (κ3) is 2.28. The second kappa shape index (κ2) is 5.54. The highest BCUT2D eigenvalue weighted by molar-refractivity contribution is 5.50. The number of rotatable bonds is 3. The molecule has 0 aliphatic carbocycles. The summed E-state index contributed by atoms with van der Waals surface area (Å²) < 4.78 is 30.2. The number of methoxy groups -OCH3 is 2. The van der Waals surface area contributed by atoms with Gasteiger partial charge in [-0.05, 0) is 18.6 Å². The van der Waals surface area contributed by atoms with Crippen LogP contribution in [-0.2, 0) is 4.74 Å². The minimum atomic E-state index is -0.409. The minimum Gasteiger partial charge on any atom is -0.492 e. The summed E-state index contributed by atoms with van der Waals surface area (Å²) in [6.45, 7) is 3.84. The van der Waals surface area contributed by atoms with E-state index in [9.17, 15) is 4.39 Å². The number of hydrogen-bond donors (Lipinski definition) is 1. The highest BCUT2D eigenvalue weighted by Crippen LogP contribution is 2.38. The minimum absolute atomic E-state index is 0.140. The number of ether oxygens (including phenoxy) is 3. The molecule has 0 radical (unpaired) electrons. The van der Waals surface area contributed by atoms with E-state index in [1.807, 2.05) is 6.92 Å². The number of nitrogens with one attached hydrogen (secondary N) is 1. The van der Waals surface area contributed by atoms with Gasteiger partial charge in [0.25, 0.3) is 0 Å². The van der Waals surface area contributed by atoms with E-state index in [0.717, 1.165) is 12.1 Å². The molecule has 1 aromatic carbocycles. The number of morpholine rings is 1. The Morgan fingerprint density at radius 2 is 2.06 bits per heavy atom. The monoisotopic (exact) mass is 255 g/mol. The van der Waals surface area contributed by atoms with Gasteiger partial charge in [-0.3, -0.25) is 0 Å². The van der Waals surface area contributed by atoms with Crippen LogP contribution in [0.5, 0.6) is 11.5 Å². The predicted octanol–water partition coefficient (Wildman–Crippen LogP) is 1.81. The van der Waals surface area contributed by atoms with Crippen LogP contribution in [0, 0.1) is 12.7 Å². The Morgan fingerprint density at radius 3 is 2.61 bits per heavy atom. The maximum absolute atomic E-state index is 14.4. The molecular weight excluding hydrogens is 237 g/mol. The van der Waals surface area contributed by atoms with Crippen LogP contribution in [0.15, 0.2) is 6.07 Å². The van der Waals surface area contributed by atoms with Gasteiger partial charge in [-0.2, -0.15) is 0 Å². The maximum atomic E-state index is 14.4. The largest absolute Gasteiger partial charge is 0.492 e. The van der Waals surface area contributed by atoms with Crippen LogP contribution < -0.4 is 14.8 Å². The SMILES string of the molecule is COc1c(C)cc(C2CNCCO2)c(F)c1OC. The Kier molecular flexibility index (Phi) is 4.04. The highest BCUT2D eigenvalue weighted by atomic mass is 19.1. The fraction of sp³-hybridized carbons (Fsp3) is 0.538. The number of benzene rings is 1. The van der Waals surface area contributed by atoms with Gasteiger partial charge in [-0.1, -0.05) is 0 Å². The van der Waals surface area contributed by atoms with Crippen molar-refractivity contribution in [2.75, 3.05) is 33.9 Å². The third-order valence-electron chi connectivity index (χ3n) is 3.07. The standard InChI is InChI=1S/C13H18FNO3/c1-8-6-9(10-7-15-4-5-18-10)11(14)13(17-3)12(8)16-2/h6,10,15H,4-5,7H2,1-3H3. The lowest BCUT2D eigenvalue weighted by atomic mass is 10.0. The lowest BCUT2D eigenvalue weighted by Gasteiger charge is -2.25. The molecule has 1 atom stereocenters. The maximum Gasteiger partial charge on any atom is 0.197 e. The third-order valence-corrected chi connectivity index (χ3v) is 3.07. The van der Waals surface area contributed by atoms with Crippen molar-refractivity contribution in [3.63, 3.8) is 0 Å². The van der Waals surface area contributed by atoms with Crippen molar-refractivity contribution < 1.29 is 18.6 Å². The summed E-state index contributed by atoms with van der Waals surface area (Å²) in [4.78, 5) is 0. The molecule has 1 aliphatic rings. The van der Waals surface area contributed by atoms with E-state index in [-0.39, 0.29) is 11.9 Å². The molecule has 2 rings (SSSR count). The van der Waals surface area contributed by atoms with Gasteiger partial charge in [0.05, 0.1) is 26.9 Å². The van der Waals surface area contributed by atoms with E-state index >= 15 is 0 Å². The number of halogens is 1. The first kappa shape index (κ1) is 13.1. The Morgan fingerprint density at radius 1 is 1.33 bits per heavy atom. The molecule has 0 amide bonds. The van der Waals surface area contributed by atoms with Crippen molar-refractivity contribution >= 4 is 0 Å². The smallest absolute Gasteiger partial charge is 0.197 e. The van der Waals surface area contributed by atoms with Gasteiger partial charge < -0.3 is 19.5 Å². The van der Waals surface area contributed by atoms with E-state index in [1.165, 1.54) is 14.2 Å². The van der Waals surface area contributed by atoms with Gasteiger partial charge in [0.2, 0.25) is 0 Å². The van der Waals surface area contributed by atoms with Crippen molar-refractivity contribution in [2.24, 2.45) is 0 Å². The quantitative estimate of drug-likeness (QED) is 0.894. The topological polar surface area (TPSA) is 39.7 Å². The summed E-state index contributed by atoms with van der Waals surface area (Å²) in [5.41, 5.74) is 1.34. The Balaban J connectivity index is 2.44. The van der Waals surface area contributed by atoms with Crippen LogP contribution in [0.1, 0.15) is 17.2 Å². The molecule has 1 fully saturated rings. The molecule has 1 saturated heterocycles. The Bertz CT molecular complexity index is 431. The highest BCUT2D eigenvalue weighted by Gasteiger charge is 2.25. The van der Waals surface area contributed by atoms with Crippen LogP contribution in [0.2, 0.25) is 0 Å². The summed E-state index contributed by atoms with van der Waals surface area (Å²) in [5, 5.41) is 3.18. The molecule has 100 valence electrons. The molecule has 5 heteroatoms. The lowest BCUT2D eigenvalue weighted by molar-refractivity contribution is 0.0251. The van der Waals surface area contributed by atoms with Crippen molar-refractivity contribution in [3.05, 3.63) is 23.0 Å². The van der Waals surface area contributed by atoms with E-state index in [0.29, 0.717) is 24.5 Å². The normalized spacial score (nSPS) is 19.7. The molecule has 1 aliphatic heterocycles. The number of hydrogen-bond acceptors (Lipinski definition) is 4. The zero-order chi connectivity index (χ0) is 13.1. The van der Waals surface area contributed by atoms with Gasteiger partial charge in [-0.25, -0.2) is 4.39 Å². The Hall–Kier alpha value is -1.33. The second-order valence-corrected chi connectivity index (χ2v) is 4.23. The average molecular weight is 255 g/mol. The van der Waals surface area contributed by atoms with E-state index in [4.69, 9.17) is 14.2 Å². The first-order valence-corrected chi connectivity index (χ1v) is 5.92. The van der Waals surface area contributed by atoms with Crippen molar-refractivity contribution in [1.29, 1.82) is 0 Å². The van der Waals surface area contributed by atoms with Gasteiger partial charge >= 0.3 is 0 Å². The van der Waals surface area contributed by atoms with Gasteiger partial charge in [0.15, 0.2) is 17.3 Å². The van der Waals surface area contributed by atoms with Crippen LogP contribution in [0.4, 0.5) is 4.39 Å². The fourth-order valence-corrected chi connectivity index (χ4v) is 2.21. The number of aryl methyl sites for hydroxylation is 1. The Labute approximate surface area is 106 Å². The second-order valence-electron chi connectivity index (χ2n) is 4.23. The fourth-order valence-electron chi connectivity index (χ4n) is 2.21. The molecule has 18 heavy (non-hydrogen) atoms. The van der Waals surface area contributed by atoms with Crippen LogP contribution in [0.3, 0.4) is 0 Å². The van der Waals surface area contributed by atoms with Gasteiger partial charge in [0.1, 0.15) is 0 Å². The summed E-state index contributed by atoms with van der Waals surface area (Å²) in [6, 6.07) is 1.76. The summed E-state index contributed by atoms with van der Waals surface area (Å²) in [5.74, 6) is 0.165. The first-order chi connectivity index (χ1) is 8.69. The zero-order valence-corrected chi connectivity index (χ0v) is 10.9. The molecule has 0 spiro atoms. The molecular formula is C13H18FNO3. The molecule has 0 bridgehead atoms. The molecule has 1 N–H and O–H groups in total. The molecule has 0 saturated carbocycles. The van der Waals surface area contributed by atoms with Crippen LogP contribution >= 0.6 is 0 Å². The van der Waals surface area contributed by atoms with Gasteiger partial charge in [0, 0.05) is 18.7 Å². The lowest BCUT2D eigenvalue weighted by Crippen LogP contribution is -2.33. The summed E-state index contributed by atoms with van der Waals surface area (Å²) in [6.07, 6.45) is -0.280. The molecule has 1 aromatic rings. The summed E-state index contributed by atoms with van der Waals surface area (Å²) >= 11 is 0. The van der Waals surface area contributed by atoms with Crippen molar-refractivity contribution in [3.8, 4) is 11.5 Å². The first-order valence-electron chi connectivity index (χ1n) is 5.92. The average Bonchev–Trinajstić information content (AvgIpc) is 2.41. The zero-order valence-electron chi connectivity index (χ0n) is 10.9. The van der Waals surface area contributed by atoms with E-state index in [1.54, 1.807) is 6.07 Å². The molecule has 1 unspecified atom stereocenters. The summed E-state index contributed by atoms with van der Waals surface area (Å²) in [7, 11) is 2.94. The molecule has 4 nitrogen and oxygen atoms in total. The van der Waals surface area contributed by atoms with Crippen LogP contribution in [-0.4, -0.2) is 33.9 Å². The molecule has 1 heterocycles. The molecule has 0 aromatic heterocycles. The van der Waals surface area contributed by atoms with E-state index in [2.05, 4.69) is 5.32 Å². The van der Waals surface area contributed by atoms with Crippen LogP contribution in [0.25, 0.3) is 0 Å². The van der Waals surface area contributed by atoms with Crippen molar-refractivity contribution in [1.82, 2.24) is 5.32 Å². The van der Waals surface area contributed by atoms with E-state index < -0.39 is 5.82 Å². The van der Waals surface area contributed by atoms with Crippen molar-refractivity contribution in [2.45, 2.75) is 13.0 Å². The predicted molar refractivity (Wildman–Crippen MR) is 65.8 cm³/mol.